The Labute approximate surface area is 125 Å². The van der Waals surface area contributed by atoms with Crippen LogP contribution in [0.4, 0.5) is 10.1 Å². The van der Waals surface area contributed by atoms with Gasteiger partial charge in [0.15, 0.2) is 0 Å². The number of hydrogen-bond donors (Lipinski definition) is 2. The predicted molar refractivity (Wildman–Crippen MR) is 83.2 cm³/mol. The van der Waals surface area contributed by atoms with E-state index in [0.717, 1.165) is 13.0 Å². The minimum absolute atomic E-state index is 0.218. The normalized spacial score (nSPS) is 19.3. The lowest BCUT2D eigenvalue weighted by atomic mass is 10.0. The summed E-state index contributed by atoms with van der Waals surface area (Å²) in [5.41, 5.74) is 0.657. The molecule has 1 unspecified atom stereocenters. The summed E-state index contributed by atoms with van der Waals surface area (Å²) in [4.78, 5) is 14.6. The highest BCUT2D eigenvalue weighted by Crippen LogP contribution is 2.20. The number of piperidine rings is 1. The van der Waals surface area contributed by atoms with Crippen LogP contribution in [-0.2, 0) is 0 Å². The molecule has 2 N–H and O–H groups in total. The zero-order valence-corrected chi connectivity index (χ0v) is 12.8. The molecule has 2 rings (SSSR count). The van der Waals surface area contributed by atoms with Crippen LogP contribution in [0.3, 0.4) is 0 Å². The summed E-state index contributed by atoms with van der Waals surface area (Å²) in [5.74, 6) is -0.608. The Balaban J connectivity index is 2.01. The fourth-order valence-corrected chi connectivity index (χ4v) is 2.78. The molecule has 1 aromatic rings. The van der Waals surface area contributed by atoms with Crippen molar-refractivity contribution in [1.82, 2.24) is 10.2 Å². The first kappa shape index (κ1) is 15.8. The summed E-state index contributed by atoms with van der Waals surface area (Å²) in [6, 6.07) is 4.96. The molecule has 0 saturated carbocycles. The van der Waals surface area contributed by atoms with Crippen LogP contribution in [0.15, 0.2) is 18.2 Å². The first-order valence-electron chi connectivity index (χ1n) is 7.64. The predicted octanol–water partition coefficient (Wildman–Crippen LogP) is 2.47. The second kappa shape index (κ2) is 7.41. The van der Waals surface area contributed by atoms with Crippen molar-refractivity contribution in [2.75, 3.05) is 32.0 Å². The fraction of sp³-hybridized carbons (Fsp3) is 0.562. The molecule has 116 valence electrons. The summed E-state index contributed by atoms with van der Waals surface area (Å²) in [7, 11) is 2.09. The van der Waals surface area contributed by atoms with Crippen molar-refractivity contribution < 1.29 is 9.18 Å². The van der Waals surface area contributed by atoms with Gasteiger partial charge in [0, 0.05) is 19.1 Å². The van der Waals surface area contributed by atoms with Gasteiger partial charge in [-0.3, -0.25) is 4.79 Å². The smallest absolute Gasteiger partial charge is 0.253 e. The van der Waals surface area contributed by atoms with Crippen molar-refractivity contribution in [2.24, 2.45) is 0 Å². The first-order valence-corrected chi connectivity index (χ1v) is 7.64. The number of nitrogens with one attached hydrogen (secondary N) is 2. The zero-order valence-electron chi connectivity index (χ0n) is 12.8. The van der Waals surface area contributed by atoms with Crippen molar-refractivity contribution in [3.05, 3.63) is 29.6 Å². The number of benzene rings is 1. The molecule has 5 heteroatoms. The maximum absolute atomic E-state index is 13.8. The van der Waals surface area contributed by atoms with Crippen LogP contribution in [0.2, 0.25) is 0 Å². The van der Waals surface area contributed by atoms with Gasteiger partial charge in [-0.2, -0.15) is 0 Å². The summed E-state index contributed by atoms with van der Waals surface area (Å²) in [5, 5.41) is 5.86. The summed E-state index contributed by atoms with van der Waals surface area (Å²) in [6.07, 6.45) is 3.52. The fourth-order valence-electron chi connectivity index (χ4n) is 2.78. The number of amides is 1. The Bertz CT molecular complexity index is 492. The van der Waals surface area contributed by atoms with E-state index in [4.69, 9.17) is 0 Å². The molecule has 1 fully saturated rings. The van der Waals surface area contributed by atoms with Crippen LogP contribution in [0, 0.1) is 5.82 Å². The molecule has 1 aromatic carbocycles. The average Bonchev–Trinajstić information content (AvgIpc) is 2.48. The standard InChI is InChI=1S/C16H24FN3O/c1-3-18-15-13(8-6-9-14(15)17)16(21)19-11-12-7-4-5-10-20(12)2/h6,8-9,12,18H,3-5,7,10-11H2,1-2H3,(H,19,21). The van der Waals surface area contributed by atoms with Gasteiger partial charge in [0.25, 0.3) is 5.91 Å². The van der Waals surface area contributed by atoms with Crippen LogP contribution in [0.25, 0.3) is 0 Å². The number of nitrogens with zero attached hydrogens (tertiary/aromatic N) is 1. The summed E-state index contributed by atoms with van der Waals surface area (Å²) in [6.45, 7) is 4.14. The van der Waals surface area contributed by atoms with E-state index in [1.165, 1.54) is 18.9 Å². The number of hydrogen-bond acceptors (Lipinski definition) is 3. The molecule has 1 aliphatic rings. The quantitative estimate of drug-likeness (QED) is 0.876. The second-order valence-corrected chi connectivity index (χ2v) is 5.53. The number of likely N-dealkylation sites (N-methyl/N-ethyl adjacent to an activating group) is 1. The van der Waals surface area contributed by atoms with E-state index in [1.54, 1.807) is 12.1 Å². The molecule has 1 saturated heterocycles. The van der Waals surface area contributed by atoms with Gasteiger partial charge in [-0.05, 0) is 45.5 Å². The van der Waals surface area contributed by atoms with E-state index in [0.29, 0.717) is 24.7 Å². The van der Waals surface area contributed by atoms with E-state index in [1.807, 2.05) is 6.92 Å². The third-order valence-corrected chi connectivity index (χ3v) is 4.03. The van der Waals surface area contributed by atoms with Gasteiger partial charge in [-0.25, -0.2) is 4.39 Å². The van der Waals surface area contributed by atoms with Crippen LogP contribution in [-0.4, -0.2) is 43.5 Å². The van der Waals surface area contributed by atoms with Gasteiger partial charge < -0.3 is 15.5 Å². The summed E-state index contributed by atoms with van der Waals surface area (Å²) < 4.78 is 13.8. The Morgan fingerprint density at radius 3 is 2.95 bits per heavy atom. The van der Waals surface area contributed by atoms with Gasteiger partial charge in [0.05, 0.1) is 11.3 Å². The van der Waals surface area contributed by atoms with Crippen molar-refractivity contribution >= 4 is 11.6 Å². The molecule has 1 aliphatic heterocycles. The molecule has 1 heterocycles. The van der Waals surface area contributed by atoms with Gasteiger partial charge in [0.1, 0.15) is 5.82 Å². The largest absolute Gasteiger partial charge is 0.382 e. The van der Waals surface area contributed by atoms with Crippen molar-refractivity contribution in [2.45, 2.75) is 32.2 Å². The minimum atomic E-state index is -0.390. The highest BCUT2D eigenvalue weighted by molar-refractivity contribution is 5.99. The molecule has 21 heavy (non-hydrogen) atoms. The Kier molecular flexibility index (Phi) is 5.56. The molecular weight excluding hydrogens is 269 g/mol. The van der Waals surface area contributed by atoms with Gasteiger partial charge in [-0.15, -0.1) is 0 Å². The average molecular weight is 293 g/mol. The molecule has 0 spiro atoms. The van der Waals surface area contributed by atoms with Gasteiger partial charge in [-0.1, -0.05) is 12.5 Å². The maximum atomic E-state index is 13.8. The number of anilines is 1. The lowest BCUT2D eigenvalue weighted by molar-refractivity contribution is 0.0929. The van der Waals surface area contributed by atoms with Crippen LogP contribution >= 0.6 is 0 Å². The molecule has 0 aromatic heterocycles. The number of likely N-dealkylation sites (tertiary alicyclic amines) is 1. The number of halogens is 1. The van der Waals surface area contributed by atoms with E-state index < -0.39 is 0 Å². The molecule has 1 amide bonds. The van der Waals surface area contributed by atoms with Crippen molar-refractivity contribution in [1.29, 1.82) is 0 Å². The molecule has 0 aliphatic carbocycles. The SMILES string of the molecule is CCNc1c(F)cccc1C(=O)NCC1CCCCN1C. The van der Waals surface area contributed by atoms with Gasteiger partial charge in [0.2, 0.25) is 0 Å². The third kappa shape index (κ3) is 3.94. The van der Waals surface area contributed by atoms with Crippen molar-refractivity contribution in [3.63, 3.8) is 0 Å². The Morgan fingerprint density at radius 2 is 2.24 bits per heavy atom. The maximum Gasteiger partial charge on any atom is 0.253 e. The number of carbonyl (C=O) groups excluding carboxylic acids is 1. The third-order valence-electron chi connectivity index (χ3n) is 4.03. The van der Waals surface area contributed by atoms with Crippen LogP contribution in [0.5, 0.6) is 0 Å². The first-order chi connectivity index (χ1) is 10.1. The molecule has 1 atom stereocenters. The second-order valence-electron chi connectivity index (χ2n) is 5.53. The van der Waals surface area contributed by atoms with Crippen LogP contribution in [0.1, 0.15) is 36.5 Å². The van der Waals surface area contributed by atoms with E-state index in [-0.39, 0.29) is 17.4 Å². The Hall–Kier alpha value is -1.62. The minimum Gasteiger partial charge on any atom is -0.382 e. The number of para-hydroxylation sites is 1. The van der Waals surface area contributed by atoms with Gasteiger partial charge >= 0.3 is 0 Å². The van der Waals surface area contributed by atoms with E-state index in [9.17, 15) is 9.18 Å². The Morgan fingerprint density at radius 1 is 1.43 bits per heavy atom. The van der Waals surface area contributed by atoms with Crippen LogP contribution < -0.4 is 10.6 Å². The number of rotatable bonds is 5. The van der Waals surface area contributed by atoms with E-state index >= 15 is 0 Å². The number of carbonyl (C=O) groups is 1. The highest BCUT2D eigenvalue weighted by Gasteiger charge is 2.20. The molecule has 0 bridgehead atoms. The molecule has 0 radical (unpaired) electrons. The molecule has 4 nitrogen and oxygen atoms in total. The summed E-state index contributed by atoms with van der Waals surface area (Å²) >= 11 is 0. The topological polar surface area (TPSA) is 44.4 Å². The monoisotopic (exact) mass is 293 g/mol. The lowest BCUT2D eigenvalue weighted by Gasteiger charge is -2.32. The van der Waals surface area contributed by atoms with Crippen molar-refractivity contribution in [3.8, 4) is 0 Å². The lowest BCUT2D eigenvalue weighted by Crippen LogP contribution is -2.44. The zero-order chi connectivity index (χ0) is 15.2. The molecular formula is C16H24FN3O. The highest BCUT2D eigenvalue weighted by atomic mass is 19.1. The van der Waals surface area contributed by atoms with E-state index in [2.05, 4.69) is 22.6 Å².